The van der Waals surface area contributed by atoms with Crippen molar-refractivity contribution in [1.29, 1.82) is 0 Å². The molecular formula is C18H29N3O5S2. The van der Waals surface area contributed by atoms with Gasteiger partial charge in [0, 0.05) is 39.3 Å². The second-order valence-corrected chi connectivity index (χ2v) is 11.4. The van der Waals surface area contributed by atoms with Crippen LogP contribution >= 0.6 is 0 Å². The van der Waals surface area contributed by atoms with E-state index in [2.05, 4.69) is 9.62 Å². The summed E-state index contributed by atoms with van der Waals surface area (Å²) < 4.78 is 59.6. The van der Waals surface area contributed by atoms with Gasteiger partial charge < -0.3 is 4.74 Å². The largest absolute Gasteiger partial charge is 0.379 e. The molecule has 2 fully saturated rings. The van der Waals surface area contributed by atoms with Gasteiger partial charge in [-0.05, 0) is 37.1 Å². The normalized spacial score (nSPS) is 25.1. The van der Waals surface area contributed by atoms with Crippen LogP contribution in [-0.4, -0.2) is 78.5 Å². The van der Waals surface area contributed by atoms with Crippen LogP contribution in [0, 0.1) is 0 Å². The Balaban J connectivity index is 1.76. The molecule has 1 saturated carbocycles. The summed E-state index contributed by atoms with van der Waals surface area (Å²) >= 11 is 0. The van der Waals surface area contributed by atoms with Crippen molar-refractivity contribution in [2.24, 2.45) is 0 Å². The maximum Gasteiger partial charge on any atom is 0.242 e. The first-order chi connectivity index (χ1) is 13.2. The molecular weight excluding hydrogens is 402 g/mol. The fourth-order valence-corrected chi connectivity index (χ4v) is 6.07. The van der Waals surface area contributed by atoms with E-state index in [4.69, 9.17) is 4.74 Å². The Kier molecular flexibility index (Phi) is 6.78. The zero-order valence-electron chi connectivity index (χ0n) is 16.4. The summed E-state index contributed by atoms with van der Waals surface area (Å²) in [5, 5.41) is 0. The molecule has 1 saturated heterocycles. The number of hydrogen-bond donors (Lipinski definition) is 1. The third kappa shape index (κ3) is 4.74. The van der Waals surface area contributed by atoms with E-state index < -0.39 is 20.0 Å². The van der Waals surface area contributed by atoms with Crippen LogP contribution in [0.25, 0.3) is 0 Å². The molecule has 0 spiro atoms. The summed E-state index contributed by atoms with van der Waals surface area (Å²) in [6.07, 6.45) is 3.85. The monoisotopic (exact) mass is 431 g/mol. The Morgan fingerprint density at radius 3 is 2.14 bits per heavy atom. The third-order valence-electron chi connectivity index (χ3n) is 5.46. The molecule has 1 aliphatic carbocycles. The minimum absolute atomic E-state index is 0.0697. The molecule has 8 nitrogen and oxygen atoms in total. The first kappa shape index (κ1) is 21.7. The summed E-state index contributed by atoms with van der Waals surface area (Å²) in [7, 11) is -4.44. The lowest BCUT2D eigenvalue weighted by atomic mass is 9.89. The molecule has 1 aromatic carbocycles. The number of ether oxygens (including phenoxy) is 1. The van der Waals surface area contributed by atoms with Gasteiger partial charge in [-0.25, -0.2) is 25.9 Å². The SMILES string of the molecule is CN(C)S(=O)(=O)c1ccc(S(=O)(=O)NC2CCCCC2N2CCOCC2)cc1. The van der Waals surface area contributed by atoms with Crippen molar-refractivity contribution in [3.63, 3.8) is 0 Å². The molecule has 28 heavy (non-hydrogen) atoms. The van der Waals surface area contributed by atoms with Gasteiger partial charge in [0.1, 0.15) is 0 Å². The molecule has 0 radical (unpaired) electrons. The number of benzene rings is 1. The zero-order valence-corrected chi connectivity index (χ0v) is 18.0. The van der Waals surface area contributed by atoms with Crippen LogP contribution in [0.5, 0.6) is 0 Å². The maximum atomic E-state index is 12.9. The van der Waals surface area contributed by atoms with Crippen LogP contribution in [-0.2, 0) is 24.8 Å². The van der Waals surface area contributed by atoms with Gasteiger partial charge in [-0.2, -0.15) is 0 Å². The molecule has 3 rings (SSSR count). The minimum atomic E-state index is -3.73. The van der Waals surface area contributed by atoms with E-state index in [0.717, 1.165) is 43.1 Å². The Bertz CT molecular complexity index is 863. The van der Waals surface area contributed by atoms with Crippen molar-refractivity contribution in [1.82, 2.24) is 13.9 Å². The van der Waals surface area contributed by atoms with E-state index >= 15 is 0 Å². The molecule has 2 aliphatic rings. The van der Waals surface area contributed by atoms with E-state index in [1.165, 1.54) is 38.4 Å². The molecule has 0 bridgehead atoms. The fourth-order valence-electron chi connectivity index (χ4n) is 3.86. The molecule has 2 atom stereocenters. The van der Waals surface area contributed by atoms with Crippen LogP contribution < -0.4 is 4.72 Å². The van der Waals surface area contributed by atoms with Gasteiger partial charge in [0.15, 0.2) is 0 Å². The molecule has 1 aromatic rings. The molecule has 2 unspecified atom stereocenters. The lowest BCUT2D eigenvalue weighted by Crippen LogP contribution is -2.55. The predicted molar refractivity (Wildman–Crippen MR) is 106 cm³/mol. The topological polar surface area (TPSA) is 96.0 Å². The molecule has 0 aromatic heterocycles. The van der Waals surface area contributed by atoms with Crippen LogP contribution in [0.1, 0.15) is 25.7 Å². The smallest absolute Gasteiger partial charge is 0.242 e. The standard InChI is InChI=1S/C18H29N3O5S2/c1-20(2)28(24,25)16-9-7-15(8-10-16)27(22,23)19-17-5-3-4-6-18(17)21-11-13-26-14-12-21/h7-10,17-19H,3-6,11-14H2,1-2H3. The lowest BCUT2D eigenvalue weighted by molar-refractivity contribution is 0.00211. The average Bonchev–Trinajstić information content (AvgIpc) is 2.69. The highest BCUT2D eigenvalue weighted by Crippen LogP contribution is 2.26. The lowest BCUT2D eigenvalue weighted by Gasteiger charge is -2.41. The Morgan fingerprint density at radius 1 is 0.964 bits per heavy atom. The highest BCUT2D eigenvalue weighted by molar-refractivity contribution is 7.89. The van der Waals surface area contributed by atoms with Gasteiger partial charge >= 0.3 is 0 Å². The number of hydrogen-bond acceptors (Lipinski definition) is 6. The molecule has 0 amide bonds. The quantitative estimate of drug-likeness (QED) is 0.718. The average molecular weight is 432 g/mol. The highest BCUT2D eigenvalue weighted by Gasteiger charge is 2.34. The van der Waals surface area contributed by atoms with Gasteiger partial charge in [-0.3, -0.25) is 4.90 Å². The van der Waals surface area contributed by atoms with Crippen molar-refractivity contribution < 1.29 is 21.6 Å². The first-order valence-corrected chi connectivity index (χ1v) is 12.5. The van der Waals surface area contributed by atoms with Gasteiger partial charge in [-0.1, -0.05) is 12.8 Å². The highest BCUT2D eigenvalue weighted by atomic mass is 32.2. The second kappa shape index (κ2) is 8.76. The van der Waals surface area contributed by atoms with Crippen LogP contribution in [0.4, 0.5) is 0 Å². The van der Waals surface area contributed by atoms with E-state index in [1.807, 2.05) is 0 Å². The van der Waals surface area contributed by atoms with E-state index in [0.29, 0.717) is 13.2 Å². The number of rotatable bonds is 6. The number of nitrogens with one attached hydrogen (secondary N) is 1. The summed E-state index contributed by atoms with van der Waals surface area (Å²) in [5.41, 5.74) is 0. The number of sulfonamides is 2. The van der Waals surface area contributed by atoms with Crippen LogP contribution in [0.2, 0.25) is 0 Å². The first-order valence-electron chi connectivity index (χ1n) is 9.58. The second-order valence-electron chi connectivity index (χ2n) is 7.49. The Morgan fingerprint density at radius 2 is 1.54 bits per heavy atom. The molecule has 1 N–H and O–H groups in total. The van der Waals surface area contributed by atoms with Crippen molar-refractivity contribution in [2.45, 2.75) is 47.6 Å². The van der Waals surface area contributed by atoms with Gasteiger partial charge in [0.05, 0.1) is 23.0 Å². The van der Waals surface area contributed by atoms with Gasteiger partial charge in [-0.15, -0.1) is 0 Å². The van der Waals surface area contributed by atoms with E-state index in [1.54, 1.807) is 0 Å². The minimum Gasteiger partial charge on any atom is -0.379 e. The summed E-state index contributed by atoms with van der Waals surface area (Å²) in [4.78, 5) is 2.47. The molecule has 10 heteroatoms. The van der Waals surface area contributed by atoms with Crippen molar-refractivity contribution >= 4 is 20.0 Å². The van der Waals surface area contributed by atoms with Crippen molar-refractivity contribution in [3.05, 3.63) is 24.3 Å². The van der Waals surface area contributed by atoms with E-state index in [-0.39, 0.29) is 21.9 Å². The molecule has 158 valence electrons. The fraction of sp³-hybridized carbons (Fsp3) is 0.667. The summed E-state index contributed by atoms with van der Waals surface area (Å²) in [6.45, 7) is 3.00. The van der Waals surface area contributed by atoms with E-state index in [9.17, 15) is 16.8 Å². The Hall–Kier alpha value is -1.04. The van der Waals surface area contributed by atoms with Gasteiger partial charge in [0.2, 0.25) is 20.0 Å². The maximum absolute atomic E-state index is 12.9. The summed E-state index contributed by atoms with van der Waals surface area (Å²) in [5.74, 6) is 0. The number of morpholine rings is 1. The van der Waals surface area contributed by atoms with Gasteiger partial charge in [0.25, 0.3) is 0 Å². The van der Waals surface area contributed by atoms with Crippen LogP contribution in [0.15, 0.2) is 34.1 Å². The third-order valence-corrected chi connectivity index (χ3v) is 8.80. The summed E-state index contributed by atoms with van der Waals surface area (Å²) in [6, 6.07) is 5.40. The predicted octanol–water partition coefficient (Wildman–Crippen LogP) is 0.859. The van der Waals surface area contributed by atoms with Crippen LogP contribution in [0.3, 0.4) is 0 Å². The van der Waals surface area contributed by atoms with Crippen molar-refractivity contribution in [2.75, 3.05) is 40.4 Å². The number of nitrogens with zero attached hydrogens (tertiary/aromatic N) is 2. The molecule has 1 heterocycles. The van der Waals surface area contributed by atoms with Crippen molar-refractivity contribution in [3.8, 4) is 0 Å². The molecule has 1 aliphatic heterocycles. The Labute approximate surface area is 168 Å². The zero-order chi connectivity index (χ0) is 20.4.